The zero-order valence-electron chi connectivity index (χ0n) is 9.84. The van der Waals surface area contributed by atoms with E-state index < -0.39 is 0 Å². The number of nitrogen functional groups attached to an aromatic ring is 1. The molecule has 0 radical (unpaired) electrons. The van der Waals surface area contributed by atoms with E-state index in [0.717, 1.165) is 5.56 Å². The van der Waals surface area contributed by atoms with Gasteiger partial charge in [0.15, 0.2) is 0 Å². The molecule has 90 valence electrons. The van der Waals surface area contributed by atoms with E-state index in [1.165, 1.54) is 12.1 Å². The summed E-state index contributed by atoms with van der Waals surface area (Å²) in [6, 6.07) is 12.2. The van der Waals surface area contributed by atoms with Crippen molar-refractivity contribution in [3.63, 3.8) is 0 Å². The highest BCUT2D eigenvalue weighted by molar-refractivity contribution is 5.62. The van der Waals surface area contributed by atoms with Gasteiger partial charge in [0.1, 0.15) is 23.3 Å². The van der Waals surface area contributed by atoms with Crippen LogP contribution < -0.4 is 10.5 Å². The number of hydrogen-bond donors (Lipinski definition) is 2. The largest absolute Gasteiger partial charge is 0.506 e. The SMILES string of the molecule is Cc1ccccc1Oc1cc(N)c(O)cc1C#N. The fourth-order valence-corrected chi connectivity index (χ4v) is 1.55. The highest BCUT2D eigenvalue weighted by Gasteiger charge is 2.10. The van der Waals surface area contributed by atoms with Gasteiger partial charge in [-0.05, 0) is 18.6 Å². The van der Waals surface area contributed by atoms with Crippen molar-refractivity contribution in [2.24, 2.45) is 0 Å². The number of nitriles is 1. The Hall–Kier alpha value is -2.67. The van der Waals surface area contributed by atoms with Crippen molar-refractivity contribution in [2.75, 3.05) is 5.73 Å². The summed E-state index contributed by atoms with van der Waals surface area (Å²) in [4.78, 5) is 0. The maximum Gasteiger partial charge on any atom is 0.147 e. The Labute approximate surface area is 105 Å². The fourth-order valence-electron chi connectivity index (χ4n) is 1.55. The Balaban J connectivity index is 2.44. The lowest BCUT2D eigenvalue weighted by Crippen LogP contribution is -1.93. The van der Waals surface area contributed by atoms with E-state index >= 15 is 0 Å². The van der Waals surface area contributed by atoms with Crippen LogP contribution in [0, 0.1) is 18.3 Å². The Morgan fingerprint density at radius 1 is 1.22 bits per heavy atom. The van der Waals surface area contributed by atoms with Crippen molar-refractivity contribution in [1.82, 2.24) is 0 Å². The number of aromatic hydroxyl groups is 1. The quantitative estimate of drug-likeness (QED) is 0.624. The van der Waals surface area contributed by atoms with Gasteiger partial charge in [0.2, 0.25) is 0 Å². The number of benzene rings is 2. The predicted molar refractivity (Wildman–Crippen MR) is 68.5 cm³/mol. The summed E-state index contributed by atoms with van der Waals surface area (Å²) in [6.07, 6.45) is 0. The Bertz CT molecular complexity index is 630. The first-order chi connectivity index (χ1) is 8.61. The number of phenols is 1. The number of phenolic OH excluding ortho intramolecular Hbond substituents is 1. The summed E-state index contributed by atoms with van der Waals surface area (Å²) in [6.45, 7) is 1.91. The molecule has 4 nitrogen and oxygen atoms in total. The minimum absolute atomic E-state index is 0.122. The van der Waals surface area contributed by atoms with Crippen LogP contribution in [0.4, 0.5) is 5.69 Å². The first kappa shape index (κ1) is 11.8. The molecule has 0 saturated heterocycles. The molecule has 0 unspecified atom stereocenters. The molecule has 0 aliphatic rings. The summed E-state index contributed by atoms with van der Waals surface area (Å²) in [5.74, 6) is 0.866. The number of nitrogens with zero attached hydrogens (tertiary/aromatic N) is 1. The second-order valence-corrected chi connectivity index (χ2v) is 3.89. The van der Waals surface area contributed by atoms with Crippen molar-refractivity contribution >= 4 is 5.69 Å². The van der Waals surface area contributed by atoms with Crippen molar-refractivity contribution in [3.8, 4) is 23.3 Å². The molecule has 2 aromatic rings. The lowest BCUT2D eigenvalue weighted by Gasteiger charge is -2.11. The Kier molecular flexibility index (Phi) is 3.07. The fraction of sp³-hybridized carbons (Fsp3) is 0.0714. The first-order valence-corrected chi connectivity index (χ1v) is 5.38. The number of anilines is 1. The van der Waals surface area contributed by atoms with Crippen molar-refractivity contribution in [3.05, 3.63) is 47.5 Å². The van der Waals surface area contributed by atoms with E-state index in [1.807, 2.05) is 31.2 Å². The van der Waals surface area contributed by atoms with E-state index in [0.29, 0.717) is 11.5 Å². The average molecular weight is 240 g/mol. The van der Waals surface area contributed by atoms with E-state index in [-0.39, 0.29) is 17.0 Å². The van der Waals surface area contributed by atoms with Crippen LogP contribution in [0.25, 0.3) is 0 Å². The van der Waals surface area contributed by atoms with Crippen LogP contribution in [0.5, 0.6) is 17.2 Å². The molecule has 0 heterocycles. The monoisotopic (exact) mass is 240 g/mol. The van der Waals surface area contributed by atoms with Gasteiger partial charge < -0.3 is 15.6 Å². The van der Waals surface area contributed by atoms with Crippen LogP contribution in [0.2, 0.25) is 0 Å². The Morgan fingerprint density at radius 2 is 1.94 bits per heavy atom. The van der Waals surface area contributed by atoms with Gasteiger partial charge in [-0.3, -0.25) is 0 Å². The van der Waals surface area contributed by atoms with Crippen molar-refractivity contribution in [2.45, 2.75) is 6.92 Å². The lowest BCUT2D eigenvalue weighted by molar-refractivity contribution is 0.464. The summed E-state index contributed by atoms with van der Waals surface area (Å²) in [5.41, 5.74) is 6.97. The molecule has 0 bridgehead atoms. The van der Waals surface area contributed by atoms with Gasteiger partial charge in [0, 0.05) is 12.1 Å². The zero-order valence-corrected chi connectivity index (χ0v) is 9.84. The van der Waals surface area contributed by atoms with Crippen LogP contribution in [-0.2, 0) is 0 Å². The average Bonchev–Trinajstić information content (AvgIpc) is 2.36. The molecule has 0 spiro atoms. The van der Waals surface area contributed by atoms with Crippen LogP contribution in [0.3, 0.4) is 0 Å². The molecular formula is C14H12N2O2. The van der Waals surface area contributed by atoms with Crippen molar-refractivity contribution < 1.29 is 9.84 Å². The van der Waals surface area contributed by atoms with Crippen LogP contribution in [0.1, 0.15) is 11.1 Å². The van der Waals surface area contributed by atoms with Gasteiger partial charge in [-0.2, -0.15) is 5.26 Å². The molecule has 0 aliphatic carbocycles. The molecule has 0 amide bonds. The van der Waals surface area contributed by atoms with Gasteiger partial charge in [-0.1, -0.05) is 18.2 Å². The van der Waals surface area contributed by atoms with E-state index in [9.17, 15) is 5.11 Å². The molecule has 0 aromatic heterocycles. The van der Waals surface area contributed by atoms with Gasteiger partial charge >= 0.3 is 0 Å². The maximum atomic E-state index is 9.44. The third-order valence-electron chi connectivity index (χ3n) is 2.56. The number of aryl methyl sites for hydroxylation is 1. The second-order valence-electron chi connectivity index (χ2n) is 3.89. The summed E-state index contributed by atoms with van der Waals surface area (Å²) >= 11 is 0. The minimum Gasteiger partial charge on any atom is -0.506 e. The second kappa shape index (κ2) is 4.68. The lowest BCUT2D eigenvalue weighted by atomic mass is 10.1. The topological polar surface area (TPSA) is 79.3 Å². The standard InChI is InChI=1S/C14H12N2O2/c1-9-4-2-3-5-13(9)18-14-7-11(16)12(17)6-10(14)8-15/h2-7,17H,16H2,1H3. The summed E-state index contributed by atoms with van der Waals surface area (Å²) < 4.78 is 5.65. The molecule has 18 heavy (non-hydrogen) atoms. The predicted octanol–water partition coefficient (Wildman–Crippen LogP) is 2.95. The van der Waals surface area contributed by atoms with E-state index in [4.69, 9.17) is 15.7 Å². The maximum absolute atomic E-state index is 9.44. The number of rotatable bonds is 2. The van der Waals surface area contributed by atoms with Crippen LogP contribution >= 0.6 is 0 Å². The minimum atomic E-state index is -0.122. The highest BCUT2D eigenvalue weighted by atomic mass is 16.5. The molecular weight excluding hydrogens is 228 g/mol. The molecule has 0 atom stereocenters. The van der Waals surface area contributed by atoms with Crippen molar-refractivity contribution in [1.29, 1.82) is 5.26 Å². The number of ether oxygens (including phenoxy) is 1. The number of para-hydroxylation sites is 1. The molecule has 2 rings (SSSR count). The molecule has 0 aliphatic heterocycles. The van der Waals surface area contributed by atoms with Crippen LogP contribution in [-0.4, -0.2) is 5.11 Å². The van der Waals surface area contributed by atoms with Gasteiger partial charge in [0.25, 0.3) is 0 Å². The number of hydrogen-bond acceptors (Lipinski definition) is 4. The summed E-state index contributed by atoms with van der Waals surface area (Å²) in [5, 5.41) is 18.4. The molecule has 4 heteroatoms. The summed E-state index contributed by atoms with van der Waals surface area (Å²) in [7, 11) is 0. The molecule has 0 saturated carbocycles. The van der Waals surface area contributed by atoms with E-state index in [1.54, 1.807) is 6.07 Å². The third kappa shape index (κ3) is 2.20. The molecule has 2 aromatic carbocycles. The number of nitrogens with two attached hydrogens (primary N) is 1. The van der Waals surface area contributed by atoms with E-state index in [2.05, 4.69) is 0 Å². The normalized spacial score (nSPS) is 9.78. The first-order valence-electron chi connectivity index (χ1n) is 5.38. The van der Waals surface area contributed by atoms with Gasteiger partial charge in [0.05, 0.1) is 11.3 Å². The third-order valence-corrected chi connectivity index (χ3v) is 2.56. The molecule has 0 fully saturated rings. The Morgan fingerprint density at radius 3 is 2.61 bits per heavy atom. The smallest absolute Gasteiger partial charge is 0.147 e. The molecule has 3 N–H and O–H groups in total. The highest BCUT2D eigenvalue weighted by Crippen LogP contribution is 2.33. The van der Waals surface area contributed by atoms with Crippen LogP contribution in [0.15, 0.2) is 36.4 Å². The zero-order chi connectivity index (χ0) is 13.1. The van der Waals surface area contributed by atoms with Gasteiger partial charge in [-0.25, -0.2) is 0 Å². The van der Waals surface area contributed by atoms with Gasteiger partial charge in [-0.15, -0.1) is 0 Å².